The van der Waals surface area contributed by atoms with Crippen molar-refractivity contribution in [3.05, 3.63) is 63.6 Å². The summed E-state index contributed by atoms with van der Waals surface area (Å²) >= 11 is 6.97. The summed E-state index contributed by atoms with van der Waals surface area (Å²) in [7, 11) is -3.83. The molecule has 0 aliphatic rings. The van der Waals surface area contributed by atoms with Gasteiger partial charge in [0.15, 0.2) is 0 Å². The maximum Gasteiger partial charge on any atom is 0.265 e. The molecule has 10 heteroatoms. The molecule has 0 fully saturated rings. The first-order chi connectivity index (χ1) is 12.3. The van der Waals surface area contributed by atoms with Crippen LogP contribution in [0.3, 0.4) is 0 Å². The van der Waals surface area contributed by atoms with Gasteiger partial charge in [0.2, 0.25) is 5.95 Å². The number of thiophene rings is 1. The molecule has 3 aromatic rings. The number of hydrogen-bond donors (Lipinski definition) is 2. The number of anilines is 2. The molecule has 0 saturated carbocycles. The fourth-order valence-electron chi connectivity index (χ4n) is 2.02. The number of aromatic nitrogens is 2. The largest absolute Gasteiger partial charge is 0.321 e. The van der Waals surface area contributed by atoms with Crippen LogP contribution in [0.5, 0.6) is 0 Å². The van der Waals surface area contributed by atoms with Gasteiger partial charge in [-0.1, -0.05) is 11.6 Å². The number of nitrogens with zero attached hydrogens (tertiary/aromatic N) is 2. The van der Waals surface area contributed by atoms with Crippen LogP contribution < -0.4 is 10.0 Å². The van der Waals surface area contributed by atoms with Crippen molar-refractivity contribution in [3.8, 4) is 0 Å². The minimum Gasteiger partial charge on any atom is -0.321 e. The Morgan fingerprint density at radius 2 is 1.85 bits per heavy atom. The zero-order valence-corrected chi connectivity index (χ0v) is 15.8. The van der Waals surface area contributed by atoms with Gasteiger partial charge in [0.05, 0.1) is 14.1 Å². The summed E-state index contributed by atoms with van der Waals surface area (Å²) in [6.45, 7) is 1.73. The lowest BCUT2D eigenvalue weighted by molar-refractivity contribution is 0.103. The zero-order chi connectivity index (χ0) is 18.7. The van der Waals surface area contributed by atoms with Gasteiger partial charge in [0.25, 0.3) is 15.9 Å². The number of rotatable bonds is 5. The van der Waals surface area contributed by atoms with Gasteiger partial charge in [0.1, 0.15) is 0 Å². The molecule has 26 heavy (non-hydrogen) atoms. The van der Waals surface area contributed by atoms with Crippen LogP contribution in [0.2, 0.25) is 4.34 Å². The lowest BCUT2D eigenvalue weighted by Crippen LogP contribution is -2.15. The topological polar surface area (TPSA) is 101 Å². The third-order valence-corrected chi connectivity index (χ3v) is 5.81. The van der Waals surface area contributed by atoms with Crippen LogP contribution >= 0.6 is 22.9 Å². The Kier molecular flexibility index (Phi) is 5.21. The van der Waals surface area contributed by atoms with E-state index >= 15 is 0 Å². The Morgan fingerprint density at radius 1 is 1.12 bits per heavy atom. The molecule has 0 atom stereocenters. The number of carbonyl (C=O) groups is 1. The highest BCUT2D eigenvalue weighted by atomic mass is 35.5. The van der Waals surface area contributed by atoms with Gasteiger partial charge in [-0.2, -0.15) is 0 Å². The number of hydrogen-bond acceptors (Lipinski definition) is 6. The third kappa shape index (κ3) is 4.37. The van der Waals surface area contributed by atoms with Crippen molar-refractivity contribution in [2.45, 2.75) is 11.8 Å². The number of aryl methyl sites for hydroxylation is 1. The van der Waals surface area contributed by atoms with Gasteiger partial charge in [-0.05, 0) is 49.4 Å². The highest BCUT2D eigenvalue weighted by Gasteiger charge is 2.16. The van der Waals surface area contributed by atoms with Crippen molar-refractivity contribution < 1.29 is 13.2 Å². The first kappa shape index (κ1) is 18.3. The number of halogens is 1. The van der Waals surface area contributed by atoms with Crippen LogP contribution in [0.15, 0.2) is 53.6 Å². The van der Waals surface area contributed by atoms with Gasteiger partial charge in [-0.25, -0.2) is 23.1 Å². The molecule has 0 saturated heterocycles. The van der Waals surface area contributed by atoms with Gasteiger partial charge >= 0.3 is 0 Å². The summed E-state index contributed by atoms with van der Waals surface area (Å²) in [5, 5.41) is 2.68. The fourth-order valence-corrected chi connectivity index (χ4v) is 3.91. The molecule has 0 aliphatic carbocycles. The first-order valence-electron chi connectivity index (χ1n) is 7.33. The van der Waals surface area contributed by atoms with Crippen LogP contribution in [-0.2, 0) is 10.0 Å². The average Bonchev–Trinajstić information content (AvgIpc) is 3.01. The van der Waals surface area contributed by atoms with E-state index in [1.807, 2.05) is 0 Å². The molecule has 7 nitrogen and oxygen atoms in total. The summed E-state index contributed by atoms with van der Waals surface area (Å²) in [5.74, 6) is -0.319. The maximum absolute atomic E-state index is 12.4. The standard InChI is InChI=1S/C16H13ClN4O3S2/c1-10-8-9-18-16(19-10)21-26(23,24)12-4-2-11(3-5-12)20-15(22)13-6-7-14(17)25-13/h2-9H,1H3,(H,20,22)(H,18,19,21). The number of sulfonamides is 1. The van der Waals surface area contributed by atoms with Crippen LogP contribution in [0, 0.1) is 6.92 Å². The molecule has 0 spiro atoms. The van der Waals surface area contributed by atoms with E-state index in [4.69, 9.17) is 11.6 Å². The quantitative estimate of drug-likeness (QED) is 0.672. The smallest absolute Gasteiger partial charge is 0.265 e. The summed E-state index contributed by atoms with van der Waals surface area (Å²) in [6, 6.07) is 10.7. The molecule has 0 unspecified atom stereocenters. The van der Waals surface area contributed by atoms with E-state index in [2.05, 4.69) is 20.0 Å². The van der Waals surface area contributed by atoms with Gasteiger partial charge < -0.3 is 5.32 Å². The van der Waals surface area contributed by atoms with Crippen molar-refractivity contribution >= 4 is 50.5 Å². The molecule has 1 amide bonds. The van der Waals surface area contributed by atoms with Crippen molar-refractivity contribution in [1.82, 2.24) is 9.97 Å². The summed E-state index contributed by atoms with van der Waals surface area (Å²) in [5.41, 5.74) is 1.11. The van der Waals surface area contributed by atoms with Gasteiger partial charge in [-0.15, -0.1) is 11.3 Å². The summed E-state index contributed by atoms with van der Waals surface area (Å²) in [4.78, 5) is 20.4. The third-order valence-electron chi connectivity index (χ3n) is 3.24. The Bertz CT molecular complexity index is 1050. The van der Waals surface area contributed by atoms with Crippen molar-refractivity contribution in [2.75, 3.05) is 10.0 Å². The predicted octanol–water partition coefficient (Wildman–Crippen LogP) is 3.55. The second-order valence-electron chi connectivity index (χ2n) is 5.21. The number of amides is 1. The fraction of sp³-hybridized carbons (Fsp3) is 0.0625. The van der Waals surface area contributed by atoms with E-state index in [1.54, 1.807) is 25.1 Å². The van der Waals surface area contributed by atoms with Crippen LogP contribution in [0.1, 0.15) is 15.4 Å². The second kappa shape index (κ2) is 7.40. The van der Waals surface area contributed by atoms with E-state index in [-0.39, 0.29) is 16.8 Å². The molecular formula is C16H13ClN4O3S2. The number of nitrogens with one attached hydrogen (secondary N) is 2. The van der Waals surface area contributed by atoms with Gasteiger partial charge in [0, 0.05) is 17.6 Å². The molecular weight excluding hydrogens is 396 g/mol. The van der Waals surface area contributed by atoms with E-state index in [9.17, 15) is 13.2 Å². The molecule has 2 N–H and O–H groups in total. The number of benzene rings is 1. The molecule has 134 valence electrons. The molecule has 2 heterocycles. The average molecular weight is 409 g/mol. The maximum atomic E-state index is 12.4. The number of carbonyl (C=O) groups excluding carboxylic acids is 1. The van der Waals surface area contributed by atoms with E-state index in [1.165, 1.54) is 30.5 Å². The summed E-state index contributed by atoms with van der Waals surface area (Å²) in [6.07, 6.45) is 1.47. The lowest BCUT2D eigenvalue weighted by atomic mass is 10.3. The van der Waals surface area contributed by atoms with E-state index in [0.717, 1.165) is 11.3 Å². The molecule has 0 bridgehead atoms. The van der Waals surface area contributed by atoms with Crippen molar-refractivity contribution in [3.63, 3.8) is 0 Å². The Hall–Kier alpha value is -2.49. The summed E-state index contributed by atoms with van der Waals surface area (Å²) < 4.78 is 27.6. The Labute approximate surface area is 159 Å². The minimum absolute atomic E-state index is 0.00282. The highest BCUT2D eigenvalue weighted by molar-refractivity contribution is 7.92. The molecule has 3 rings (SSSR count). The monoisotopic (exact) mass is 408 g/mol. The molecule has 2 aromatic heterocycles. The molecule has 0 aliphatic heterocycles. The Morgan fingerprint density at radius 3 is 2.46 bits per heavy atom. The lowest BCUT2D eigenvalue weighted by Gasteiger charge is -2.08. The van der Waals surface area contributed by atoms with Gasteiger partial charge in [-0.3, -0.25) is 4.79 Å². The predicted molar refractivity (Wildman–Crippen MR) is 101 cm³/mol. The van der Waals surface area contributed by atoms with E-state index in [0.29, 0.717) is 20.6 Å². The zero-order valence-electron chi connectivity index (χ0n) is 13.4. The highest BCUT2D eigenvalue weighted by Crippen LogP contribution is 2.23. The van der Waals surface area contributed by atoms with Crippen molar-refractivity contribution in [1.29, 1.82) is 0 Å². The van der Waals surface area contributed by atoms with Crippen LogP contribution in [0.4, 0.5) is 11.6 Å². The van der Waals surface area contributed by atoms with Crippen LogP contribution in [-0.4, -0.2) is 24.3 Å². The Balaban J connectivity index is 1.73. The SMILES string of the molecule is Cc1ccnc(NS(=O)(=O)c2ccc(NC(=O)c3ccc(Cl)s3)cc2)n1. The normalized spacial score (nSPS) is 11.2. The second-order valence-corrected chi connectivity index (χ2v) is 8.61. The van der Waals surface area contributed by atoms with Crippen molar-refractivity contribution in [2.24, 2.45) is 0 Å². The van der Waals surface area contributed by atoms with Crippen LogP contribution in [0.25, 0.3) is 0 Å². The van der Waals surface area contributed by atoms with E-state index < -0.39 is 10.0 Å². The molecule has 0 radical (unpaired) electrons. The first-order valence-corrected chi connectivity index (χ1v) is 10.0. The minimum atomic E-state index is -3.83. The molecule has 1 aromatic carbocycles.